The molecule has 0 atom stereocenters. The highest BCUT2D eigenvalue weighted by Gasteiger charge is 2.12. The van der Waals surface area contributed by atoms with E-state index in [1.807, 2.05) is 19.1 Å². The fourth-order valence-corrected chi connectivity index (χ4v) is 2.90. The van der Waals surface area contributed by atoms with E-state index in [2.05, 4.69) is 32.6 Å². The molecule has 0 unspecified atom stereocenters. The fourth-order valence-electron chi connectivity index (χ4n) is 2.90. The minimum absolute atomic E-state index is 0.0367. The molecule has 0 fully saturated rings. The number of benzene rings is 2. The largest absolute Gasteiger partial charge is 0.322 e. The van der Waals surface area contributed by atoms with E-state index < -0.39 is 11.7 Å². The summed E-state index contributed by atoms with van der Waals surface area (Å²) in [5.41, 5.74) is 4.80. The number of amides is 1. The van der Waals surface area contributed by atoms with Crippen LogP contribution in [0.3, 0.4) is 0 Å². The molecule has 1 amide bonds. The fraction of sp³-hybridized carbons (Fsp3) is 0.0500. The van der Waals surface area contributed by atoms with Crippen molar-refractivity contribution in [2.45, 2.75) is 6.92 Å². The first kappa shape index (κ1) is 16.0. The molecule has 0 saturated heterocycles. The highest BCUT2D eigenvalue weighted by molar-refractivity contribution is 6.04. The lowest BCUT2D eigenvalue weighted by Gasteiger charge is -2.09. The molecule has 0 aliphatic carbocycles. The highest BCUT2D eigenvalue weighted by atomic mass is 19.1. The maximum absolute atomic E-state index is 13.6. The van der Waals surface area contributed by atoms with E-state index in [1.165, 1.54) is 12.3 Å². The van der Waals surface area contributed by atoms with Gasteiger partial charge in [-0.2, -0.15) is 5.10 Å². The van der Waals surface area contributed by atoms with Gasteiger partial charge in [0.05, 0.1) is 23.5 Å². The first-order valence-electron chi connectivity index (χ1n) is 8.07. The molecule has 26 heavy (non-hydrogen) atoms. The molecule has 6 heteroatoms. The van der Waals surface area contributed by atoms with E-state index in [0.717, 1.165) is 33.8 Å². The molecular weight excluding hydrogens is 331 g/mol. The number of aryl methyl sites for hydroxylation is 1. The molecule has 2 aromatic heterocycles. The smallest absolute Gasteiger partial charge is 0.258 e. The molecule has 0 spiro atoms. The number of carbonyl (C=O) groups is 1. The highest BCUT2D eigenvalue weighted by Crippen LogP contribution is 2.28. The monoisotopic (exact) mass is 346 g/mol. The van der Waals surface area contributed by atoms with Crippen LogP contribution in [-0.4, -0.2) is 21.1 Å². The van der Waals surface area contributed by atoms with Crippen LogP contribution in [0, 0.1) is 12.7 Å². The van der Waals surface area contributed by atoms with Gasteiger partial charge in [0.15, 0.2) is 5.82 Å². The molecule has 0 saturated carbocycles. The van der Waals surface area contributed by atoms with Crippen molar-refractivity contribution in [2.24, 2.45) is 0 Å². The van der Waals surface area contributed by atoms with Crippen LogP contribution in [0.1, 0.15) is 15.9 Å². The van der Waals surface area contributed by atoms with Gasteiger partial charge in [-0.15, -0.1) is 0 Å². The molecule has 4 aromatic rings. The SMILES string of the molecule is Cc1cc2[nH]ncc2cc1-c1ccc(NC(=O)c2ccncc2F)cc1. The van der Waals surface area contributed by atoms with Gasteiger partial charge in [0.1, 0.15) is 0 Å². The predicted octanol–water partition coefficient (Wildman–Crippen LogP) is 4.32. The lowest BCUT2D eigenvalue weighted by Crippen LogP contribution is -2.13. The summed E-state index contributed by atoms with van der Waals surface area (Å²) in [6, 6.07) is 12.9. The molecule has 0 aliphatic heterocycles. The number of anilines is 1. The van der Waals surface area contributed by atoms with Crippen molar-refractivity contribution in [1.29, 1.82) is 0 Å². The molecular formula is C20H15FN4O. The topological polar surface area (TPSA) is 70.7 Å². The third-order valence-electron chi connectivity index (χ3n) is 4.26. The molecule has 0 radical (unpaired) electrons. The van der Waals surface area contributed by atoms with E-state index in [0.29, 0.717) is 5.69 Å². The second-order valence-corrected chi connectivity index (χ2v) is 6.01. The standard InChI is InChI=1S/C20H15FN4O/c1-12-8-19-14(10-23-25-19)9-17(12)13-2-4-15(5-3-13)24-20(26)16-6-7-22-11-18(16)21/h2-11H,1H3,(H,23,25)(H,24,26). The van der Waals surface area contributed by atoms with Crippen LogP contribution in [0.25, 0.3) is 22.0 Å². The summed E-state index contributed by atoms with van der Waals surface area (Å²) in [5, 5.41) is 10.7. The summed E-state index contributed by atoms with van der Waals surface area (Å²) in [6.45, 7) is 2.04. The Morgan fingerprint density at radius 3 is 2.69 bits per heavy atom. The number of H-pyrrole nitrogens is 1. The third-order valence-corrected chi connectivity index (χ3v) is 4.26. The number of aromatic amines is 1. The number of aromatic nitrogens is 3. The van der Waals surface area contributed by atoms with Crippen molar-refractivity contribution >= 4 is 22.5 Å². The lowest BCUT2D eigenvalue weighted by atomic mass is 9.98. The Bertz CT molecular complexity index is 1100. The van der Waals surface area contributed by atoms with E-state index in [-0.39, 0.29) is 5.56 Å². The van der Waals surface area contributed by atoms with Crippen molar-refractivity contribution in [3.8, 4) is 11.1 Å². The van der Waals surface area contributed by atoms with Crippen molar-refractivity contribution in [1.82, 2.24) is 15.2 Å². The molecule has 0 aliphatic rings. The molecule has 2 N–H and O–H groups in total. The van der Waals surface area contributed by atoms with E-state index in [4.69, 9.17) is 0 Å². The predicted molar refractivity (Wildman–Crippen MR) is 98.4 cm³/mol. The van der Waals surface area contributed by atoms with Crippen molar-refractivity contribution in [3.05, 3.63) is 78.0 Å². The van der Waals surface area contributed by atoms with E-state index in [1.54, 1.807) is 18.3 Å². The summed E-state index contributed by atoms with van der Waals surface area (Å²) in [7, 11) is 0. The number of halogens is 1. The number of fused-ring (bicyclic) bond motifs is 1. The van der Waals surface area contributed by atoms with E-state index in [9.17, 15) is 9.18 Å². The minimum Gasteiger partial charge on any atom is -0.322 e. The maximum atomic E-state index is 13.6. The van der Waals surface area contributed by atoms with E-state index >= 15 is 0 Å². The van der Waals surface area contributed by atoms with Crippen LogP contribution in [0.5, 0.6) is 0 Å². The average Bonchev–Trinajstić information content (AvgIpc) is 3.09. The third kappa shape index (κ3) is 2.93. The average molecular weight is 346 g/mol. The first-order chi connectivity index (χ1) is 12.6. The van der Waals surface area contributed by atoms with Crippen LogP contribution in [0.15, 0.2) is 61.1 Å². The summed E-state index contributed by atoms with van der Waals surface area (Å²) in [4.78, 5) is 15.8. The Kier molecular flexibility index (Phi) is 3.93. The van der Waals surface area contributed by atoms with Gasteiger partial charge in [0.25, 0.3) is 5.91 Å². The zero-order chi connectivity index (χ0) is 18.1. The molecule has 4 rings (SSSR count). The van der Waals surface area contributed by atoms with Gasteiger partial charge >= 0.3 is 0 Å². The minimum atomic E-state index is -0.648. The van der Waals surface area contributed by atoms with Crippen LogP contribution in [0.2, 0.25) is 0 Å². The summed E-state index contributed by atoms with van der Waals surface area (Å²) in [5.74, 6) is -1.15. The van der Waals surface area contributed by atoms with Crippen LogP contribution < -0.4 is 5.32 Å². The Morgan fingerprint density at radius 2 is 1.92 bits per heavy atom. The summed E-state index contributed by atoms with van der Waals surface area (Å²) in [6.07, 6.45) is 4.19. The van der Waals surface area contributed by atoms with Gasteiger partial charge in [-0.3, -0.25) is 14.9 Å². The molecule has 5 nitrogen and oxygen atoms in total. The first-order valence-corrected chi connectivity index (χ1v) is 8.07. The second-order valence-electron chi connectivity index (χ2n) is 6.01. The van der Waals surface area contributed by atoms with Gasteiger partial charge in [-0.05, 0) is 53.9 Å². The van der Waals surface area contributed by atoms with Crippen LogP contribution >= 0.6 is 0 Å². The number of nitrogens with zero attached hydrogens (tertiary/aromatic N) is 2. The van der Waals surface area contributed by atoms with Gasteiger partial charge in [0, 0.05) is 17.3 Å². The number of rotatable bonds is 3. The number of nitrogens with one attached hydrogen (secondary N) is 2. The van der Waals surface area contributed by atoms with Crippen molar-refractivity contribution in [2.75, 3.05) is 5.32 Å². The number of carbonyl (C=O) groups excluding carboxylic acids is 1. The summed E-state index contributed by atoms with van der Waals surface area (Å²) < 4.78 is 13.6. The Labute approximate surface area is 148 Å². The second kappa shape index (κ2) is 6.40. The van der Waals surface area contributed by atoms with Crippen LogP contribution in [0.4, 0.5) is 10.1 Å². The Morgan fingerprint density at radius 1 is 1.12 bits per heavy atom. The molecule has 2 aromatic carbocycles. The zero-order valence-corrected chi connectivity index (χ0v) is 14.0. The summed E-state index contributed by atoms with van der Waals surface area (Å²) >= 11 is 0. The van der Waals surface area contributed by atoms with Gasteiger partial charge in [0.2, 0.25) is 0 Å². The normalized spacial score (nSPS) is 10.8. The lowest BCUT2D eigenvalue weighted by molar-refractivity contribution is 0.102. The van der Waals surface area contributed by atoms with Gasteiger partial charge in [-0.25, -0.2) is 4.39 Å². The van der Waals surface area contributed by atoms with Gasteiger partial charge in [-0.1, -0.05) is 12.1 Å². The van der Waals surface area contributed by atoms with Crippen molar-refractivity contribution in [3.63, 3.8) is 0 Å². The Balaban J connectivity index is 1.59. The maximum Gasteiger partial charge on any atom is 0.258 e. The quantitative estimate of drug-likeness (QED) is 0.580. The zero-order valence-electron chi connectivity index (χ0n) is 14.0. The molecule has 2 heterocycles. The number of pyridine rings is 1. The number of hydrogen-bond acceptors (Lipinski definition) is 3. The number of hydrogen-bond donors (Lipinski definition) is 2. The van der Waals surface area contributed by atoms with Crippen molar-refractivity contribution < 1.29 is 9.18 Å². The van der Waals surface area contributed by atoms with Crippen LogP contribution in [-0.2, 0) is 0 Å². The molecule has 0 bridgehead atoms. The van der Waals surface area contributed by atoms with Gasteiger partial charge < -0.3 is 5.32 Å². The Hall–Kier alpha value is -3.54. The molecule has 128 valence electrons.